The molecule has 0 saturated heterocycles. The van der Waals surface area contributed by atoms with Crippen molar-refractivity contribution in [1.82, 2.24) is 15.2 Å². The largest absolute Gasteiger partial charge is 0.478 e. The summed E-state index contributed by atoms with van der Waals surface area (Å²) in [6.07, 6.45) is 11.0. The lowest BCUT2D eigenvalue weighted by Gasteiger charge is -2.31. The molecule has 2 heterocycles. The van der Waals surface area contributed by atoms with Crippen molar-refractivity contribution in [3.63, 3.8) is 0 Å². The minimum Gasteiger partial charge on any atom is -0.478 e. The highest BCUT2D eigenvalue weighted by molar-refractivity contribution is 5.99. The number of rotatable bonds is 7. The van der Waals surface area contributed by atoms with Crippen molar-refractivity contribution in [1.29, 1.82) is 0 Å². The van der Waals surface area contributed by atoms with E-state index >= 15 is 4.39 Å². The van der Waals surface area contributed by atoms with E-state index in [2.05, 4.69) is 27.3 Å². The average molecular weight is 466 g/mol. The fraction of sp³-hybridized carbons (Fsp3) is 0.138. The van der Waals surface area contributed by atoms with Crippen molar-refractivity contribution >= 4 is 23.2 Å². The third-order valence-corrected chi connectivity index (χ3v) is 6.42. The maximum absolute atomic E-state index is 15.1. The zero-order valence-electron chi connectivity index (χ0n) is 19.0. The van der Waals surface area contributed by atoms with E-state index in [9.17, 15) is 4.79 Å². The molecule has 1 fully saturated rings. The maximum atomic E-state index is 15.1. The van der Waals surface area contributed by atoms with E-state index < -0.39 is 5.97 Å². The molecule has 4 aromatic rings. The van der Waals surface area contributed by atoms with Gasteiger partial charge in [-0.25, -0.2) is 9.18 Å². The number of allylic oxidation sites excluding steroid dienone is 1. The molecule has 35 heavy (non-hydrogen) atoms. The summed E-state index contributed by atoms with van der Waals surface area (Å²) in [7, 11) is 0. The smallest absolute Gasteiger partial charge is 0.328 e. The minimum absolute atomic E-state index is 0.217. The number of aromatic nitrogens is 3. The summed E-state index contributed by atoms with van der Waals surface area (Å²) in [6, 6.07) is 18.9. The van der Waals surface area contributed by atoms with Crippen molar-refractivity contribution in [2.24, 2.45) is 5.92 Å². The lowest BCUT2D eigenvalue weighted by atomic mass is 9.74. The highest BCUT2D eigenvalue weighted by Gasteiger charge is 2.29. The first-order valence-electron chi connectivity index (χ1n) is 11.6. The van der Waals surface area contributed by atoms with Crippen molar-refractivity contribution in [3.8, 4) is 11.1 Å². The van der Waals surface area contributed by atoms with Crippen LogP contribution in [0.5, 0.6) is 0 Å². The molecular formula is C29H24FN3O2. The highest BCUT2D eigenvalue weighted by Crippen LogP contribution is 2.45. The number of carbonyl (C=O) groups is 1. The predicted molar refractivity (Wildman–Crippen MR) is 135 cm³/mol. The van der Waals surface area contributed by atoms with Crippen molar-refractivity contribution in [3.05, 3.63) is 114 Å². The van der Waals surface area contributed by atoms with Gasteiger partial charge in [0.05, 0.1) is 6.20 Å². The number of carboxylic acids is 1. The quantitative estimate of drug-likeness (QED) is 0.307. The standard InChI is InChI=1S/C29H24FN3O2/c30-25-5-2-16-31-29(25)28(21-3-1-4-21)27(22-9-6-19(7-10-22)8-15-26(34)35)23-13-11-20(12-14-23)24-17-32-33-18-24/h2,5-18,21H,1,3-4H2,(H,32,33)(H,34,35). The van der Waals surface area contributed by atoms with Gasteiger partial charge in [-0.05, 0) is 70.4 Å². The Morgan fingerprint density at radius 2 is 1.71 bits per heavy atom. The number of aromatic amines is 1. The van der Waals surface area contributed by atoms with Gasteiger partial charge in [-0.2, -0.15) is 5.10 Å². The molecule has 1 saturated carbocycles. The van der Waals surface area contributed by atoms with E-state index in [4.69, 9.17) is 5.11 Å². The average Bonchev–Trinajstić information content (AvgIpc) is 3.38. The molecule has 2 N–H and O–H groups in total. The normalized spacial score (nSPS) is 14.5. The molecule has 2 aromatic carbocycles. The van der Waals surface area contributed by atoms with Crippen molar-refractivity contribution in [2.75, 3.05) is 0 Å². The highest BCUT2D eigenvalue weighted by atomic mass is 19.1. The lowest BCUT2D eigenvalue weighted by Crippen LogP contribution is -2.17. The molecule has 1 aliphatic carbocycles. The monoisotopic (exact) mass is 465 g/mol. The van der Waals surface area contributed by atoms with E-state index in [0.29, 0.717) is 5.69 Å². The molecule has 0 amide bonds. The van der Waals surface area contributed by atoms with Gasteiger partial charge < -0.3 is 5.11 Å². The SMILES string of the molecule is O=C(O)C=Cc1ccc(C(=C(c2ncccc2F)C2CCC2)c2ccc(-c3cn[nH]c3)cc2)cc1. The molecule has 2 aromatic heterocycles. The summed E-state index contributed by atoms with van der Waals surface area (Å²) in [5, 5.41) is 15.8. The molecule has 6 heteroatoms. The van der Waals surface area contributed by atoms with Crippen LogP contribution in [0.3, 0.4) is 0 Å². The van der Waals surface area contributed by atoms with Crippen LogP contribution in [0.15, 0.2) is 85.3 Å². The Hall–Kier alpha value is -4.32. The van der Waals surface area contributed by atoms with Crippen LogP contribution in [-0.4, -0.2) is 26.3 Å². The van der Waals surface area contributed by atoms with Crippen molar-refractivity contribution in [2.45, 2.75) is 19.3 Å². The molecule has 0 unspecified atom stereocenters. The molecule has 0 spiro atoms. The summed E-state index contributed by atoms with van der Waals surface area (Å²) in [5.41, 5.74) is 6.95. The number of halogens is 1. The topological polar surface area (TPSA) is 78.9 Å². The maximum Gasteiger partial charge on any atom is 0.328 e. The van der Waals surface area contributed by atoms with Crippen LogP contribution in [0.4, 0.5) is 4.39 Å². The predicted octanol–water partition coefficient (Wildman–Crippen LogP) is 6.47. The number of nitrogens with one attached hydrogen (secondary N) is 1. The second-order valence-corrected chi connectivity index (χ2v) is 8.61. The fourth-order valence-electron chi connectivity index (χ4n) is 4.44. The molecule has 0 atom stereocenters. The number of nitrogens with zero attached hydrogens (tertiary/aromatic N) is 2. The molecule has 1 aliphatic rings. The number of benzene rings is 2. The number of hydrogen-bond acceptors (Lipinski definition) is 3. The van der Waals surface area contributed by atoms with E-state index in [1.807, 2.05) is 42.6 Å². The summed E-state index contributed by atoms with van der Waals surface area (Å²) >= 11 is 0. The number of aliphatic carboxylic acids is 1. The van der Waals surface area contributed by atoms with Crippen LogP contribution < -0.4 is 0 Å². The number of carboxylic acid groups (broad SMARTS) is 1. The van der Waals surface area contributed by atoms with E-state index in [0.717, 1.165) is 64.3 Å². The fourth-order valence-corrected chi connectivity index (χ4v) is 4.44. The molecular weight excluding hydrogens is 441 g/mol. The molecule has 174 valence electrons. The number of H-pyrrole nitrogens is 1. The third-order valence-electron chi connectivity index (χ3n) is 6.42. The molecule has 5 nitrogen and oxygen atoms in total. The second-order valence-electron chi connectivity index (χ2n) is 8.61. The summed E-state index contributed by atoms with van der Waals surface area (Å²) in [6.45, 7) is 0. The van der Waals surface area contributed by atoms with Crippen LogP contribution in [-0.2, 0) is 4.79 Å². The lowest BCUT2D eigenvalue weighted by molar-refractivity contribution is -0.131. The van der Waals surface area contributed by atoms with Gasteiger partial charge >= 0.3 is 5.97 Å². The number of hydrogen-bond donors (Lipinski definition) is 2. The van der Waals surface area contributed by atoms with E-state index in [-0.39, 0.29) is 11.7 Å². The van der Waals surface area contributed by atoms with Gasteiger partial charge in [-0.15, -0.1) is 0 Å². The Labute approximate surface area is 202 Å². The van der Waals surface area contributed by atoms with Crippen LogP contribution >= 0.6 is 0 Å². The Balaban J connectivity index is 1.68. The minimum atomic E-state index is -0.995. The first-order valence-corrected chi connectivity index (χ1v) is 11.6. The van der Waals surface area contributed by atoms with Crippen molar-refractivity contribution < 1.29 is 14.3 Å². The third kappa shape index (κ3) is 4.82. The summed E-state index contributed by atoms with van der Waals surface area (Å²) in [5.74, 6) is -1.11. The van der Waals surface area contributed by atoms with E-state index in [1.165, 1.54) is 6.07 Å². The van der Waals surface area contributed by atoms with Gasteiger partial charge in [0.15, 0.2) is 0 Å². The van der Waals surface area contributed by atoms with Gasteiger partial charge in [0.25, 0.3) is 0 Å². The van der Waals surface area contributed by atoms with Crippen LogP contribution in [0.1, 0.15) is 41.6 Å². The second kappa shape index (κ2) is 9.89. The van der Waals surface area contributed by atoms with Crippen LogP contribution in [0, 0.1) is 11.7 Å². The van der Waals surface area contributed by atoms with Gasteiger partial charge in [0.1, 0.15) is 11.5 Å². The van der Waals surface area contributed by atoms with Gasteiger partial charge in [0.2, 0.25) is 0 Å². The molecule has 0 radical (unpaired) electrons. The molecule has 5 rings (SSSR count). The van der Waals surface area contributed by atoms with Gasteiger partial charge in [-0.1, -0.05) is 55.0 Å². The number of pyridine rings is 1. The zero-order chi connectivity index (χ0) is 24.2. The summed E-state index contributed by atoms with van der Waals surface area (Å²) < 4.78 is 15.1. The van der Waals surface area contributed by atoms with E-state index in [1.54, 1.807) is 24.5 Å². The Morgan fingerprint density at radius 1 is 1.00 bits per heavy atom. The Morgan fingerprint density at radius 3 is 2.29 bits per heavy atom. The first kappa shape index (κ1) is 22.5. The van der Waals surface area contributed by atoms with Gasteiger partial charge in [-0.3, -0.25) is 10.1 Å². The molecule has 0 aliphatic heterocycles. The van der Waals surface area contributed by atoms with Crippen LogP contribution in [0.25, 0.3) is 28.3 Å². The molecule has 0 bridgehead atoms. The first-order chi connectivity index (χ1) is 17.1. The van der Waals surface area contributed by atoms with Gasteiger partial charge in [0, 0.05) is 24.0 Å². The zero-order valence-corrected chi connectivity index (χ0v) is 19.0. The van der Waals surface area contributed by atoms with Crippen LogP contribution in [0.2, 0.25) is 0 Å². The Kier molecular flexibility index (Phi) is 6.35. The Bertz CT molecular complexity index is 1380. The summed E-state index contributed by atoms with van der Waals surface area (Å²) in [4.78, 5) is 15.4.